The van der Waals surface area contributed by atoms with Gasteiger partial charge in [-0.05, 0) is 30.5 Å². The Morgan fingerprint density at radius 1 is 1.29 bits per heavy atom. The molecule has 0 bridgehead atoms. The van der Waals surface area contributed by atoms with Crippen molar-refractivity contribution >= 4 is 35.0 Å². The predicted octanol–water partition coefficient (Wildman–Crippen LogP) is 5.18. The highest BCUT2D eigenvalue weighted by atomic mass is 35.5. The molecule has 0 spiro atoms. The zero-order valence-corrected chi connectivity index (χ0v) is 16.2. The average molecular weight is 386 g/mol. The highest BCUT2D eigenvalue weighted by Gasteiger charge is 2.22. The summed E-state index contributed by atoms with van der Waals surface area (Å²) in [6, 6.07) is 5.73. The third-order valence-corrected chi connectivity index (χ3v) is 5.80. The molecule has 0 unspecified atom stereocenters. The molecule has 0 aliphatic carbocycles. The number of rotatable bonds is 6. The fourth-order valence-corrected chi connectivity index (χ4v) is 3.99. The standard InChI is InChI=1S/C17H21Cl2N3OS/c1-11(2)16-20-21-17(22(16)9-13-4-3-7-23-13)24-10-12-5-6-14(18)15(19)8-12/h5-6,8,11,13H,3-4,7,9-10H2,1-2H3/t13-/m1/s1. The van der Waals surface area contributed by atoms with Gasteiger partial charge in [-0.3, -0.25) is 0 Å². The maximum atomic E-state index is 6.09. The Balaban J connectivity index is 1.75. The Kier molecular flexibility index (Phi) is 6.08. The molecule has 7 heteroatoms. The summed E-state index contributed by atoms with van der Waals surface area (Å²) in [5.74, 6) is 2.12. The van der Waals surface area contributed by atoms with Gasteiger partial charge >= 0.3 is 0 Å². The highest BCUT2D eigenvalue weighted by Crippen LogP contribution is 2.29. The molecule has 24 heavy (non-hydrogen) atoms. The summed E-state index contributed by atoms with van der Waals surface area (Å²) in [5.41, 5.74) is 1.12. The highest BCUT2D eigenvalue weighted by molar-refractivity contribution is 7.98. The van der Waals surface area contributed by atoms with Gasteiger partial charge in [0.1, 0.15) is 5.82 Å². The minimum atomic E-state index is 0.267. The molecule has 3 rings (SSSR count). The van der Waals surface area contributed by atoms with Crippen molar-refractivity contribution in [1.29, 1.82) is 0 Å². The number of benzene rings is 1. The van der Waals surface area contributed by atoms with Crippen LogP contribution in [0.2, 0.25) is 10.0 Å². The van der Waals surface area contributed by atoms with Gasteiger partial charge in [0.15, 0.2) is 5.16 Å². The lowest BCUT2D eigenvalue weighted by molar-refractivity contribution is 0.0940. The van der Waals surface area contributed by atoms with Crippen molar-refractivity contribution in [2.45, 2.75) is 56.2 Å². The molecule has 0 amide bonds. The van der Waals surface area contributed by atoms with Crippen molar-refractivity contribution in [3.8, 4) is 0 Å². The zero-order chi connectivity index (χ0) is 17.1. The first-order chi connectivity index (χ1) is 11.5. The van der Waals surface area contributed by atoms with E-state index in [-0.39, 0.29) is 6.10 Å². The van der Waals surface area contributed by atoms with Crippen LogP contribution in [-0.4, -0.2) is 27.5 Å². The van der Waals surface area contributed by atoms with Crippen LogP contribution in [0.3, 0.4) is 0 Å². The maximum Gasteiger partial charge on any atom is 0.191 e. The molecule has 1 aliphatic heterocycles. The Hall–Kier alpha value is -0.750. The van der Waals surface area contributed by atoms with Crippen LogP contribution in [0.1, 0.15) is 44.0 Å². The van der Waals surface area contributed by atoms with Crippen LogP contribution in [0, 0.1) is 0 Å². The second-order valence-corrected chi connectivity index (χ2v) is 8.04. The van der Waals surface area contributed by atoms with Crippen molar-refractivity contribution in [2.75, 3.05) is 6.61 Å². The van der Waals surface area contributed by atoms with Crippen molar-refractivity contribution in [3.05, 3.63) is 39.6 Å². The summed E-state index contributed by atoms with van der Waals surface area (Å²) in [7, 11) is 0. The molecule has 1 atom stereocenters. The number of halogens is 2. The van der Waals surface area contributed by atoms with Gasteiger partial charge in [0, 0.05) is 18.3 Å². The van der Waals surface area contributed by atoms with Crippen LogP contribution >= 0.6 is 35.0 Å². The number of hydrogen-bond acceptors (Lipinski definition) is 4. The molecule has 1 aromatic heterocycles. The van der Waals surface area contributed by atoms with Gasteiger partial charge in [0.05, 0.1) is 22.7 Å². The number of aromatic nitrogens is 3. The van der Waals surface area contributed by atoms with E-state index in [1.165, 1.54) is 0 Å². The lowest BCUT2D eigenvalue weighted by Gasteiger charge is -2.16. The largest absolute Gasteiger partial charge is 0.376 e. The van der Waals surface area contributed by atoms with E-state index in [9.17, 15) is 0 Å². The van der Waals surface area contributed by atoms with Gasteiger partial charge < -0.3 is 9.30 Å². The number of nitrogens with zero attached hydrogens (tertiary/aromatic N) is 3. The van der Waals surface area contributed by atoms with Crippen molar-refractivity contribution < 1.29 is 4.74 Å². The van der Waals surface area contributed by atoms with Gasteiger partial charge in [-0.15, -0.1) is 10.2 Å². The molecule has 1 aromatic carbocycles. The Morgan fingerprint density at radius 3 is 2.79 bits per heavy atom. The molecular formula is C17H21Cl2N3OS. The average Bonchev–Trinajstić information content (AvgIpc) is 3.19. The van der Waals surface area contributed by atoms with Gasteiger partial charge in [-0.25, -0.2) is 0 Å². The van der Waals surface area contributed by atoms with Gasteiger partial charge in [-0.2, -0.15) is 0 Å². The first kappa shape index (κ1) is 18.1. The lowest BCUT2D eigenvalue weighted by atomic mass is 10.2. The lowest BCUT2D eigenvalue weighted by Crippen LogP contribution is -2.18. The second kappa shape index (κ2) is 8.09. The third-order valence-electron chi connectivity index (χ3n) is 4.02. The first-order valence-electron chi connectivity index (χ1n) is 8.16. The number of thioether (sulfide) groups is 1. The van der Waals surface area contributed by atoms with Crippen molar-refractivity contribution in [2.24, 2.45) is 0 Å². The van der Waals surface area contributed by atoms with E-state index in [1.807, 2.05) is 18.2 Å². The number of ether oxygens (including phenoxy) is 1. The first-order valence-corrected chi connectivity index (χ1v) is 9.90. The smallest absolute Gasteiger partial charge is 0.191 e. The Morgan fingerprint density at radius 2 is 2.12 bits per heavy atom. The summed E-state index contributed by atoms with van der Waals surface area (Å²) in [4.78, 5) is 0. The molecule has 0 saturated carbocycles. The fourth-order valence-electron chi connectivity index (χ4n) is 2.77. The molecule has 2 heterocycles. The van der Waals surface area contributed by atoms with E-state index in [1.54, 1.807) is 11.8 Å². The van der Waals surface area contributed by atoms with E-state index < -0.39 is 0 Å². The molecule has 0 radical (unpaired) electrons. The predicted molar refractivity (Wildman–Crippen MR) is 99.1 cm³/mol. The molecule has 1 saturated heterocycles. The maximum absolute atomic E-state index is 6.09. The van der Waals surface area contributed by atoms with E-state index in [4.69, 9.17) is 27.9 Å². The molecular weight excluding hydrogens is 365 g/mol. The summed E-state index contributed by atoms with van der Waals surface area (Å²) in [6.07, 6.45) is 2.50. The van der Waals surface area contributed by atoms with Crippen LogP contribution in [0.15, 0.2) is 23.4 Å². The minimum Gasteiger partial charge on any atom is -0.376 e. The van der Waals surface area contributed by atoms with Crippen LogP contribution in [-0.2, 0) is 17.0 Å². The van der Waals surface area contributed by atoms with E-state index in [0.29, 0.717) is 16.0 Å². The van der Waals surface area contributed by atoms with Crippen molar-refractivity contribution in [3.63, 3.8) is 0 Å². The van der Waals surface area contributed by atoms with Crippen LogP contribution in [0.4, 0.5) is 0 Å². The summed E-state index contributed by atoms with van der Waals surface area (Å²) >= 11 is 13.7. The third kappa shape index (κ3) is 4.26. The fraction of sp³-hybridized carbons (Fsp3) is 0.529. The Labute approximate surface area is 156 Å². The van der Waals surface area contributed by atoms with E-state index in [2.05, 4.69) is 28.6 Å². The van der Waals surface area contributed by atoms with E-state index >= 15 is 0 Å². The normalized spacial score (nSPS) is 17.8. The quantitative estimate of drug-likeness (QED) is 0.642. The molecule has 1 aliphatic rings. The SMILES string of the molecule is CC(C)c1nnc(SCc2ccc(Cl)c(Cl)c2)n1C[C@H]1CCCO1. The van der Waals surface area contributed by atoms with Gasteiger partial charge in [-0.1, -0.05) is 54.9 Å². The second-order valence-electron chi connectivity index (χ2n) is 6.28. The van der Waals surface area contributed by atoms with E-state index in [0.717, 1.165) is 48.3 Å². The van der Waals surface area contributed by atoms with Crippen LogP contribution < -0.4 is 0 Å². The summed E-state index contributed by atoms with van der Waals surface area (Å²) in [6.45, 7) is 5.96. The molecule has 0 N–H and O–H groups in total. The molecule has 2 aromatic rings. The topological polar surface area (TPSA) is 39.9 Å². The van der Waals surface area contributed by atoms with Gasteiger partial charge in [0.25, 0.3) is 0 Å². The Bertz CT molecular complexity index is 699. The van der Waals surface area contributed by atoms with Crippen LogP contribution in [0.5, 0.6) is 0 Å². The molecule has 130 valence electrons. The van der Waals surface area contributed by atoms with Gasteiger partial charge in [0.2, 0.25) is 0 Å². The summed E-state index contributed by atoms with van der Waals surface area (Å²) in [5, 5.41) is 10.9. The molecule has 1 fully saturated rings. The van der Waals surface area contributed by atoms with Crippen molar-refractivity contribution in [1.82, 2.24) is 14.8 Å². The monoisotopic (exact) mass is 385 g/mol. The van der Waals surface area contributed by atoms with Crippen LogP contribution in [0.25, 0.3) is 0 Å². The number of hydrogen-bond donors (Lipinski definition) is 0. The molecule has 4 nitrogen and oxygen atoms in total. The zero-order valence-electron chi connectivity index (χ0n) is 13.8. The summed E-state index contributed by atoms with van der Waals surface area (Å²) < 4.78 is 8.00. The minimum absolute atomic E-state index is 0.267.